The molecule has 1 unspecified atom stereocenters. The minimum atomic E-state index is -0.0896. The summed E-state index contributed by atoms with van der Waals surface area (Å²) in [5.74, 6) is -0.0896. The quantitative estimate of drug-likeness (QED) is 0.716. The topological polar surface area (TPSA) is 42.2 Å². The highest BCUT2D eigenvalue weighted by Crippen LogP contribution is 2.26. The van der Waals surface area contributed by atoms with Gasteiger partial charge in [-0.05, 0) is 47.9 Å². The van der Waals surface area contributed by atoms with Gasteiger partial charge in [0.1, 0.15) is 0 Å². The van der Waals surface area contributed by atoms with Crippen LogP contribution in [-0.4, -0.2) is 11.9 Å². The SMILES string of the molecule is CC(Cc1csc2ccccc12)NC(=O)/C=C/c1ccoc1. The maximum atomic E-state index is 11.9. The third-order valence-electron chi connectivity index (χ3n) is 3.45. The molecule has 3 rings (SSSR count). The number of fused-ring (bicyclic) bond motifs is 1. The van der Waals surface area contributed by atoms with Gasteiger partial charge in [0.15, 0.2) is 0 Å². The van der Waals surface area contributed by atoms with E-state index >= 15 is 0 Å². The largest absolute Gasteiger partial charge is 0.472 e. The first-order valence-corrected chi connectivity index (χ1v) is 8.06. The molecule has 0 saturated heterocycles. The van der Waals surface area contributed by atoms with Gasteiger partial charge in [0.25, 0.3) is 0 Å². The second kappa shape index (κ2) is 6.62. The number of amides is 1. The third kappa shape index (κ3) is 3.46. The molecule has 0 spiro atoms. The molecule has 0 bridgehead atoms. The summed E-state index contributed by atoms with van der Waals surface area (Å²) in [6, 6.07) is 10.3. The molecule has 1 aromatic carbocycles. The Labute approximate surface area is 133 Å². The van der Waals surface area contributed by atoms with Gasteiger partial charge < -0.3 is 9.73 Å². The number of hydrogen-bond acceptors (Lipinski definition) is 3. The predicted octanol–water partition coefficient (Wildman–Crippen LogP) is 4.25. The molecule has 3 aromatic rings. The number of nitrogens with one attached hydrogen (secondary N) is 1. The van der Waals surface area contributed by atoms with E-state index in [1.165, 1.54) is 21.7 Å². The van der Waals surface area contributed by atoms with E-state index in [0.717, 1.165) is 12.0 Å². The van der Waals surface area contributed by atoms with Crippen molar-refractivity contribution in [1.29, 1.82) is 0 Å². The number of thiophene rings is 1. The van der Waals surface area contributed by atoms with Gasteiger partial charge in [0.2, 0.25) is 5.91 Å². The van der Waals surface area contributed by atoms with Gasteiger partial charge in [-0.1, -0.05) is 18.2 Å². The molecular weight excluding hydrogens is 294 g/mol. The van der Waals surface area contributed by atoms with Gasteiger partial charge in [-0.3, -0.25) is 4.79 Å². The molecule has 1 N–H and O–H groups in total. The lowest BCUT2D eigenvalue weighted by Gasteiger charge is -2.11. The summed E-state index contributed by atoms with van der Waals surface area (Å²) in [6.45, 7) is 2.02. The first kappa shape index (κ1) is 14.6. The van der Waals surface area contributed by atoms with Crippen molar-refractivity contribution in [2.45, 2.75) is 19.4 Å². The van der Waals surface area contributed by atoms with Crippen LogP contribution in [0, 0.1) is 0 Å². The third-order valence-corrected chi connectivity index (χ3v) is 4.46. The van der Waals surface area contributed by atoms with Crippen LogP contribution in [0.15, 0.2) is 58.7 Å². The molecule has 0 fully saturated rings. The summed E-state index contributed by atoms with van der Waals surface area (Å²) in [5.41, 5.74) is 2.17. The highest BCUT2D eigenvalue weighted by atomic mass is 32.1. The summed E-state index contributed by atoms with van der Waals surface area (Å²) in [6.07, 6.45) is 7.29. The van der Waals surface area contributed by atoms with E-state index in [-0.39, 0.29) is 11.9 Å². The molecule has 0 saturated carbocycles. The standard InChI is InChI=1S/C18H17NO2S/c1-13(19-18(20)7-6-14-8-9-21-11-14)10-15-12-22-17-5-3-2-4-16(15)17/h2-9,11-13H,10H2,1H3,(H,19,20)/b7-6+. The molecule has 112 valence electrons. The second-order valence-corrected chi connectivity index (χ2v) is 6.17. The average molecular weight is 311 g/mol. The zero-order valence-electron chi connectivity index (χ0n) is 12.3. The molecule has 0 aliphatic heterocycles. The summed E-state index contributed by atoms with van der Waals surface area (Å²) >= 11 is 1.75. The Morgan fingerprint density at radius 2 is 2.23 bits per heavy atom. The first-order valence-electron chi connectivity index (χ1n) is 7.18. The van der Waals surface area contributed by atoms with E-state index in [1.807, 2.05) is 13.0 Å². The van der Waals surface area contributed by atoms with Crippen molar-refractivity contribution in [3.8, 4) is 0 Å². The lowest BCUT2D eigenvalue weighted by Crippen LogP contribution is -2.32. The van der Waals surface area contributed by atoms with Crippen molar-refractivity contribution in [2.24, 2.45) is 0 Å². The van der Waals surface area contributed by atoms with Crippen LogP contribution < -0.4 is 5.32 Å². The molecule has 1 atom stereocenters. The smallest absolute Gasteiger partial charge is 0.244 e. The van der Waals surface area contributed by atoms with Crippen LogP contribution in [0.25, 0.3) is 16.2 Å². The Bertz CT molecular complexity index is 786. The Kier molecular flexibility index (Phi) is 4.39. The predicted molar refractivity (Wildman–Crippen MR) is 90.9 cm³/mol. The second-order valence-electron chi connectivity index (χ2n) is 5.26. The number of carbonyl (C=O) groups excluding carboxylic acids is 1. The zero-order chi connectivity index (χ0) is 15.4. The van der Waals surface area contributed by atoms with Crippen molar-refractivity contribution in [3.05, 3.63) is 65.4 Å². The number of carbonyl (C=O) groups is 1. The molecule has 4 heteroatoms. The maximum absolute atomic E-state index is 11.9. The lowest BCUT2D eigenvalue weighted by atomic mass is 10.1. The van der Waals surface area contributed by atoms with Crippen LogP contribution in [0.1, 0.15) is 18.1 Å². The number of furan rings is 1. The number of rotatable bonds is 5. The fourth-order valence-electron chi connectivity index (χ4n) is 2.40. The molecule has 2 heterocycles. The Balaban J connectivity index is 1.60. The van der Waals surface area contributed by atoms with Crippen molar-refractivity contribution >= 4 is 33.4 Å². The maximum Gasteiger partial charge on any atom is 0.244 e. The van der Waals surface area contributed by atoms with E-state index in [4.69, 9.17) is 4.42 Å². The summed E-state index contributed by atoms with van der Waals surface area (Å²) in [7, 11) is 0. The normalized spacial score (nSPS) is 12.8. The van der Waals surface area contributed by atoms with Gasteiger partial charge in [-0.25, -0.2) is 0 Å². The lowest BCUT2D eigenvalue weighted by molar-refractivity contribution is -0.117. The van der Waals surface area contributed by atoms with Crippen molar-refractivity contribution < 1.29 is 9.21 Å². The van der Waals surface area contributed by atoms with Crippen molar-refractivity contribution in [1.82, 2.24) is 5.32 Å². The van der Waals surface area contributed by atoms with E-state index in [9.17, 15) is 4.79 Å². The highest BCUT2D eigenvalue weighted by Gasteiger charge is 2.09. The monoisotopic (exact) mass is 311 g/mol. The first-order chi connectivity index (χ1) is 10.7. The van der Waals surface area contributed by atoms with E-state index in [0.29, 0.717) is 0 Å². The van der Waals surface area contributed by atoms with Crippen LogP contribution in [0.2, 0.25) is 0 Å². The summed E-state index contributed by atoms with van der Waals surface area (Å²) < 4.78 is 6.24. The molecule has 0 aliphatic rings. The minimum absolute atomic E-state index is 0.0829. The van der Waals surface area contributed by atoms with Gasteiger partial charge in [-0.2, -0.15) is 0 Å². The van der Waals surface area contributed by atoms with Crippen LogP contribution >= 0.6 is 11.3 Å². The molecule has 0 radical (unpaired) electrons. The average Bonchev–Trinajstić information content (AvgIpc) is 3.15. The fourth-order valence-corrected chi connectivity index (χ4v) is 3.38. The van der Waals surface area contributed by atoms with Crippen molar-refractivity contribution in [3.63, 3.8) is 0 Å². The Morgan fingerprint density at radius 3 is 3.05 bits per heavy atom. The minimum Gasteiger partial charge on any atom is -0.472 e. The van der Waals surface area contributed by atoms with Gasteiger partial charge >= 0.3 is 0 Å². The molecule has 2 aromatic heterocycles. The summed E-state index contributed by atoms with van der Waals surface area (Å²) in [4.78, 5) is 11.9. The molecule has 1 amide bonds. The molecule has 22 heavy (non-hydrogen) atoms. The van der Waals surface area contributed by atoms with Crippen LogP contribution in [0.4, 0.5) is 0 Å². The molecule has 0 aliphatic carbocycles. The number of hydrogen-bond donors (Lipinski definition) is 1. The van der Waals surface area contributed by atoms with Crippen LogP contribution in [0.5, 0.6) is 0 Å². The van der Waals surface area contributed by atoms with Gasteiger partial charge in [0, 0.05) is 22.4 Å². The summed E-state index contributed by atoms with van der Waals surface area (Å²) in [5, 5.41) is 6.45. The van der Waals surface area contributed by atoms with E-state index < -0.39 is 0 Å². The fraction of sp³-hybridized carbons (Fsp3) is 0.167. The zero-order valence-corrected chi connectivity index (χ0v) is 13.1. The molecular formula is C18H17NO2S. The number of benzene rings is 1. The Hall–Kier alpha value is -2.33. The van der Waals surface area contributed by atoms with Gasteiger partial charge in [0.05, 0.1) is 12.5 Å². The Morgan fingerprint density at radius 1 is 1.36 bits per heavy atom. The van der Waals surface area contributed by atoms with E-state index in [1.54, 1.807) is 29.9 Å². The molecule has 3 nitrogen and oxygen atoms in total. The van der Waals surface area contributed by atoms with Crippen LogP contribution in [0.3, 0.4) is 0 Å². The van der Waals surface area contributed by atoms with Gasteiger partial charge in [-0.15, -0.1) is 11.3 Å². The van der Waals surface area contributed by atoms with Crippen molar-refractivity contribution in [2.75, 3.05) is 0 Å². The van der Waals surface area contributed by atoms with E-state index in [2.05, 4.69) is 35.0 Å². The van der Waals surface area contributed by atoms with Crippen LogP contribution in [-0.2, 0) is 11.2 Å². The highest BCUT2D eigenvalue weighted by molar-refractivity contribution is 7.17.